The van der Waals surface area contributed by atoms with Crippen molar-refractivity contribution >= 4 is 40.0 Å². The van der Waals surface area contributed by atoms with Crippen molar-refractivity contribution in [3.05, 3.63) is 78.5 Å². The van der Waals surface area contributed by atoms with E-state index in [1.54, 1.807) is 6.20 Å². The molecule has 2 heterocycles. The zero-order valence-electron chi connectivity index (χ0n) is 15.4. The monoisotopic (exact) mass is 370 g/mol. The fourth-order valence-electron chi connectivity index (χ4n) is 3.30. The molecule has 140 valence electrons. The molecule has 2 aromatic carbocycles. The lowest BCUT2D eigenvalue weighted by molar-refractivity contribution is 1.06. The van der Waals surface area contributed by atoms with Crippen LogP contribution in [0.1, 0.15) is 12.0 Å². The van der Waals surface area contributed by atoms with Crippen molar-refractivity contribution in [2.75, 3.05) is 28.2 Å². The summed E-state index contributed by atoms with van der Waals surface area (Å²) < 4.78 is 0. The number of nitrogen functional groups attached to an aromatic ring is 2. The average Bonchev–Trinajstić information content (AvgIpc) is 2.71. The second kappa shape index (κ2) is 7.44. The summed E-state index contributed by atoms with van der Waals surface area (Å²) in [7, 11) is 0. The van der Waals surface area contributed by atoms with Crippen molar-refractivity contribution < 1.29 is 0 Å². The van der Waals surface area contributed by atoms with Crippen LogP contribution in [0.3, 0.4) is 0 Å². The Labute approximate surface area is 164 Å². The maximum absolute atomic E-state index is 8.50. The van der Waals surface area contributed by atoms with E-state index in [0.717, 1.165) is 28.3 Å². The van der Waals surface area contributed by atoms with Crippen LogP contribution in [0.2, 0.25) is 0 Å². The van der Waals surface area contributed by atoms with Crippen molar-refractivity contribution in [1.82, 2.24) is 4.98 Å². The fourth-order valence-corrected chi connectivity index (χ4v) is 3.30. The Kier molecular flexibility index (Phi) is 4.68. The maximum Gasteiger partial charge on any atom is 0.130 e. The summed E-state index contributed by atoms with van der Waals surface area (Å²) in [6.45, 7) is 0.610. The number of nitrogens with one attached hydrogen (secondary N) is 2. The second-order valence-corrected chi connectivity index (χ2v) is 6.66. The number of para-hydroxylation sites is 4. The van der Waals surface area contributed by atoms with E-state index in [-0.39, 0.29) is 0 Å². The summed E-state index contributed by atoms with van der Waals surface area (Å²) >= 11 is 0. The number of anilines is 5. The molecule has 0 fully saturated rings. The summed E-state index contributed by atoms with van der Waals surface area (Å²) in [5, 5.41) is 11.8. The van der Waals surface area contributed by atoms with E-state index in [0.29, 0.717) is 30.2 Å². The summed E-state index contributed by atoms with van der Waals surface area (Å²) in [6.07, 6.45) is 4.44. The molecule has 6 nitrogen and oxygen atoms in total. The molecule has 1 aliphatic rings. The number of hydrogen-bond acceptors (Lipinski definition) is 5. The maximum atomic E-state index is 8.50. The molecule has 1 aliphatic heterocycles. The van der Waals surface area contributed by atoms with Gasteiger partial charge in [-0.05, 0) is 47.5 Å². The van der Waals surface area contributed by atoms with E-state index < -0.39 is 0 Å². The van der Waals surface area contributed by atoms with Gasteiger partial charge >= 0.3 is 0 Å². The zero-order chi connectivity index (χ0) is 19.5. The van der Waals surface area contributed by atoms with Gasteiger partial charge in [0.15, 0.2) is 0 Å². The highest BCUT2D eigenvalue weighted by atomic mass is 15.2. The van der Waals surface area contributed by atoms with Crippen molar-refractivity contribution in [2.45, 2.75) is 6.42 Å². The van der Waals surface area contributed by atoms with Crippen molar-refractivity contribution in [3.8, 4) is 0 Å². The molecule has 0 saturated heterocycles. The molecule has 0 unspecified atom stereocenters. The third-order valence-electron chi connectivity index (χ3n) is 4.79. The molecular weight excluding hydrogens is 348 g/mol. The van der Waals surface area contributed by atoms with Crippen molar-refractivity contribution in [3.63, 3.8) is 0 Å². The Bertz CT molecular complexity index is 1060. The number of hydrogen-bond donors (Lipinski definition) is 4. The van der Waals surface area contributed by atoms with E-state index >= 15 is 0 Å². The Balaban J connectivity index is 1.56. The molecule has 3 aromatic rings. The zero-order valence-corrected chi connectivity index (χ0v) is 15.4. The predicted molar refractivity (Wildman–Crippen MR) is 117 cm³/mol. The molecule has 0 spiro atoms. The first kappa shape index (κ1) is 17.6. The molecule has 0 aliphatic carbocycles. The Morgan fingerprint density at radius 1 is 0.964 bits per heavy atom. The van der Waals surface area contributed by atoms with Crippen molar-refractivity contribution in [2.24, 2.45) is 0 Å². The molecule has 0 atom stereocenters. The van der Waals surface area contributed by atoms with Gasteiger partial charge in [-0.15, -0.1) is 0 Å². The first-order chi connectivity index (χ1) is 13.6. The Morgan fingerprint density at radius 3 is 2.46 bits per heavy atom. The SMILES string of the molecule is N=C1CC(c2ccnc(Nc3ccccc3N)c2)=CCN1c1ccccc1N. The van der Waals surface area contributed by atoms with Gasteiger partial charge in [0.2, 0.25) is 0 Å². The van der Waals surface area contributed by atoms with E-state index in [2.05, 4.69) is 16.4 Å². The van der Waals surface area contributed by atoms with Crippen LogP contribution in [-0.4, -0.2) is 17.4 Å². The number of aromatic nitrogens is 1. The summed E-state index contributed by atoms with van der Waals surface area (Å²) in [4.78, 5) is 6.32. The van der Waals surface area contributed by atoms with Crippen LogP contribution in [0.25, 0.3) is 5.57 Å². The summed E-state index contributed by atoms with van der Waals surface area (Å²) in [6, 6.07) is 19.2. The lowest BCUT2D eigenvalue weighted by Crippen LogP contribution is -2.34. The van der Waals surface area contributed by atoms with Gasteiger partial charge in [-0.25, -0.2) is 4.98 Å². The molecule has 0 saturated carbocycles. The van der Waals surface area contributed by atoms with Crippen LogP contribution in [-0.2, 0) is 0 Å². The van der Waals surface area contributed by atoms with E-state index in [1.807, 2.05) is 65.6 Å². The minimum atomic E-state index is 0.522. The first-order valence-electron chi connectivity index (χ1n) is 9.08. The quantitative estimate of drug-likeness (QED) is 0.514. The number of nitrogens with two attached hydrogens (primary N) is 2. The molecule has 0 bridgehead atoms. The first-order valence-corrected chi connectivity index (χ1v) is 9.08. The largest absolute Gasteiger partial charge is 0.397 e. The molecular formula is C22H22N6. The normalized spacial score (nSPS) is 13.9. The minimum Gasteiger partial charge on any atom is -0.397 e. The highest BCUT2D eigenvalue weighted by Crippen LogP contribution is 2.31. The Morgan fingerprint density at radius 2 is 1.71 bits per heavy atom. The summed E-state index contributed by atoms with van der Waals surface area (Å²) in [5.74, 6) is 1.24. The molecule has 6 N–H and O–H groups in total. The van der Waals surface area contributed by atoms with E-state index in [1.165, 1.54) is 0 Å². The van der Waals surface area contributed by atoms with Crippen LogP contribution in [0.15, 0.2) is 72.9 Å². The van der Waals surface area contributed by atoms with Gasteiger partial charge in [-0.2, -0.15) is 0 Å². The predicted octanol–water partition coefficient (Wildman–Crippen LogP) is 4.26. The van der Waals surface area contributed by atoms with Gasteiger partial charge in [-0.3, -0.25) is 5.41 Å². The molecule has 0 radical (unpaired) electrons. The van der Waals surface area contributed by atoms with Crippen LogP contribution in [0, 0.1) is 5.41 Å². The van der Waals surface area contributed by atoms with Crippen LogP contribution in [0.4, 0.5) is 28.6 Å². The van der Waals surface area contributed by atoms with Gasteiger partial charge in [0.05, 0.1) is 22.7 Å². The second-order valence-electron chi connectivity index (χ2n) is 6.66. The standard InChI is InChI=1S/C22H22N6/c23-17-5-1-3-7-19(17)27-22-14-15(9-11-26-22)16-10-12-28(21(25)13-16)20-8-4-2-6-18(20)24/h1-11,14,25H,12-13,23-24H2,(H,26,27). The van der Waals surface area contributed by atoms with E-state index in [9.17, 15) is 0 Å². The third-order valence-corrected chi connectivity index (χ3v) is 4.79. The number of benzene rings is 2. The van der Waals surface area contributed by atoms with Crippen molar-refractivity contribution in [1.29, 1.82) is 5.41 Å². The number of pyridine rings is 1. The average molecular weight is 370 g/mol. The lowest BCUT2D eigenvalue weighted by atomic mass is 9.99. The Hall–Kier alpha value is -3.80. The smallest absolute Gasteiger partial charge is 0.130 e. The number of nitrogens with zero attached hydrogens (tertiary/aromatic N) is 2. The van der Waals surface area contributed by atoms with Gasteiger partial charge in [-0.1, -0.05) is 30.3 Å². The molecule has 0 amide bonds. The van der Waals surface area contributed by atoms with Gasteiger partial charge in [0.25, 0.3) is 0 Å². The fraction of sp³-hybridized carbons (Fsp3) is 0.0909. The topological polar surface area (TPSA) is 104 Å². The van der Waals surface area contributed by atoms with Crippen LogP contribution in [0.5, 0.6) is 0 Å². The minimum absolute atomic E-state index is 0.522. The van der Waals surface area contributed by atoms with Gasteiger partial charge < -0.3 is 21.7 Å². The molecule has 1 aromatic heterocycles. The van der Waals surface area contributed by atoms with Gasteiger partial charge in [0.1, 0.15) is 11.7 Å². The molecule has 4 rings (SSSR count). The highest BCUT2D eigenvalue weighted by molar-refractivity contribution is 6.05. The number of rotatable bonds is 4. The third kappa shape index (κ3) is 3.53. The van der Waals surface area contributed by atoms with Crippen LogP contribution >= 0.6 is 0 Å². The number of amidine groups is 1. The van der Waals surface area contributed by atoms with Gasteiger partial charge in [0, 0.05) is 19.2 Å². The van der Waals surface area contributed by atoms with Crippen LogP contribution < -0.4 is 21.7 Å². The molecule has 6 heteroatoms. The van der Waals surface area contributed by atoms with E-state index in [4.69, 9.17) is 16.9 Å². The highest BCUT2D eigenvalue weighted by Gasteiger charge is 2.20. The molecule has 28 heavy (non-hydrogen) atoms. The lowest BCUT2D eigenvalue weighted by Gasteiger charge is -2.30. The summed E-state index contributed by atoms with van der Waals surface area (Å²) in [5.41, 5.74) is 17.3.